The number of halogens is 2. The number of carbonyl (C=O) groups excluding carboxylic acids is 2. The van der Waals surface area contributed by atoms with E-state index in [-0.39, 0.29) is 12.6 Å². The summed E-state index contributed by atoms with van der Waals surface area (Å²) in [7, 11) is 0. The summed E-state index contributed by atoms with van der Waals surface area (Å²) in [6, 6.07) is 13.9. The fourth-order valence-corrected chi connectivity index (χ4v) is 3.68. The van der Waals surface area contributed by atoms with Crippen molar-refractivity contribution in [3.63, 3.8) is 0 Å². The number of hydrogen-bond acceptors (Lipinski definition) is 5. The van der Waals surface area contributed by atoms with Crippen LogP contribution < -0.4 is 10.2 Å². The lowest BCUT2D eigenvalue weighted by molar-refractivity contribution is -0.123. The molecule has 9 heteroatoms. The number of nitrogens with zero attached hydrogens (tertiary/aromatic N) is 2. The molecule has 1 N–H and O–H groups in total. The first kappa shape index (κ1) is 24.4. The zero-order valence-corrected chi connectivity index (χ0v) is 19.9. The topological polar surface area (TPSA) is 81.9 Å². The molecule has 0 saturated carbocycles. The summed E-state index contributed by atoms with van der Waals surface area (Å²) in [6.45, 7) is 5.76. The van der Waals surface area contributed by atoms with E-state index in [9.17, 15) is 9.59 Å². The van der Waals surface area contributed by atoms with Crippen LogP contribution in [-0.4, -0.2) is 35.9 Å². The van der Waals surface area contributed by atoms with Crippen LogP contribution in [0.2, 0.25) is 10.0 Å². The summed E-state index contributed by atoms with van der Waals surface area (Å²) in [6.07, 6.45) is 1.57. The summed E-state index contributed by atoms with van der Waals surface area (Å²) >= 11 is 11.9. The molecule has 0 atom stereocenters. The van der Waals surface area contributed by atoms with Crippen molar-refractivity contribution in [2.45, 2.75) is 20.8 Å². The second kappa shape index (κ2) is 11.0. The number of carbonyl (C=O) groups is 2. The van der Waals surface area contributed by atoms with Crippen LogP contribution in [0.1, 0.15) is 34.2 Å². The maximum absolute atomic E-state index is 12.0. The van der Waals surface area contributed by atoms with Crippen LogP contribution in [0.15, 0.2) is 53.6 Å². The molecule has 2 aromatic carbocycles. The first-order valence-corrected chi connectivity index (χ1v) is 10.9. The Morgan fingerprint density at radius 1 is 1.09 bits per heavy atom. The van der Waals surface area contributed by atoms with Crippen LogP contribution in [0.4, 0.5) is 0 Å². The average molecular weight is 488 g/mol. The third kappa shape index (κ3) is 6.15. The monoisotopic (exact) mass is 487 g/mol. The maximum atomic E-state index is 12.0. The molecule has 0 aliphatic carbocycles. The summed E-state index contributed by atoms with van der Waals surface area (Å²) in [5.74, 6) is -0.422. The molecule has 0 unspecified atom stereocenters. The van der Waals surface area contributed by atoms with E-state index in [4.69, 9.17) is 32.7 Å². The van der Waals surface area contributed by atoms with Crippen LogP contribution in [0, 0.1) is 13.8 Å². The fraction of sp³-hybridized carbons (Fsp3) is 0.208. The number of hydrogen-bond donors (Lipinski definition) is 1. The number of ether oxygens (including phenoxy) is 2. The molecule has 0 radical (unpaired) electrons. The molecule has 0 saturated heterocycles. The normalized spacial score (nSPS) is 10.9. The first-order valence-electron chi connectivity index (χ1n) is 10.2. The average Bonchev–Trinajstić information content (AvgIpc) is 3.06. The number of benzene rings is 2. The van der Waals surface area contributed by atoms with Crippen molar-refractivity contribution in [3.8, 4) is 11.4 Å². The highest BCUT2D eigenvalue weighted by Crippen LogP contribution is 2.27. The highest BCUT2D eigenvalue weighted by Gasteiger charge is 2.12. The standard InChI is InChI=1S/C24H23Cl2N3O4/c1-4-32-24(31)17-5-8-20(9-6-17)29-15(2)11-18(16(29)3)13-27-28-23(30)14-33-22-10-7-19(25)12-21(22)26/h5-13H,4,14H2,1-3H3,(H,28,30)/b27-13+. The van der Waals surface area contributed by atoms with Gasteiger partial charge in [-0.1, -0.05) is 23.2 Å². The molecule has 1 aromatic heterocycles. The van der Waals surface area contributed by atoms with E-state index in [1.165, 1.54) is 6.07 Å². The third-order valence-electron chi connectivity index (χ3n) is 4.75. The van der Waals surface area contributed by atoms with Gasteiger partial charge in [-0.3, -0.25) is 4.79 Å². The highest BCUT2D eigenvalue weighted by atomic mass is 35.5. The molecular weight excluding hydrogens is 465 g/mol. The van der Waals surface area contributed by atoms with Gasteiger partial charge in [0, 0.05) is 27.7 Å². The summed E-state index contributed by atoms with van der Waals surface area (Å²) in [5.41, 5.74) is 6.57. The van der Waals surface area contributed by atoms with E-state index < -0.39 is 5.91 Å². The second-order valence-electron chi connectivity index (χ2n) is 7.09. The van der Waals surface area contributed by atoms with E-state index in [0.717, 1.165) is 22.6 Å². The Hall–Kier alpha value is -3.29. The van der Waals surface area contributed by atoms with E-state index >= 15 is 0 Å². The molecule has 0 spiro atoms. The van der Waals surface area contributed by atoms with Gasteiger partial charge in [-0.05, 0) is 69.3 Å². The van der Waals surface area contributed by atoms with Gasteiger partial charge in [-0.2, -0.15) is 5.10 Å². The zero-order chi connectivity index (χ0) is 24.0. The number of rotatable bonds is 8. The van der Waals surface area contributed by atoms with Gasteiger partial charge in [-0.15, -0.1) is 0 Å². The number of hydrazone groups is 1. The molecule has 0 aliphatic rings. The van der Waals surface area contributed by atoms with E-state index in [1.807, 2.05) is 36.6 Å². The van der Waals surface area contributed by atoms with Gasteiger partial charge in [0.2, 0.25) is 0 Å². The van der Waals surface area contributed by atoms with Crippen molar-refractivity contribution in [2.75, 3.05) is 13.2 Å². The fourth-order valence-electron chi connectivity index (χ4n) is 3.22. The Morgan fingerprint density at radius 2 is 1.82 bits per heavy atom. The molecule has 1 amide bonds. The summed E-state index contributed by atoms with van der Waals surface area (Å²) < 4.78 is 12.4. The van der Waals surface area contributed by atoms with Gasteiger partial charge in [0.15, 0.2) is 6.61 Å². The molecule has 0 fully saturated rings. The number of esters is 1. The number of aromatic nitrogens is 1. The second-order valence-corrected chi connectivity index (χ2v) is 7.93. The van der Waals surface area contributed by atoms with Gasteiger partial charge >= 0.3 is 5.97 Å². The lowest BCUT2D eigenvalue weighted by Crippen LogP contribution is -2.24. The Kier molecular flexibility index (Phi) is 8.14. The van der Waals surface area contributed by atoms with Crippen LogP contribution in [0.3, 0.4) is 0 Å². The molecule has 3 rings (SSSR count). The van der Waals surface area contributed by atoms with Crippen molar-refractivity contribution in [1.29, 1.82) is 0 Å². The molecular formula is C24H23Cl2N3O4. The summed E-state index contributed by atoms with van der Waals surface area (Å²) in [4.78, 5) is 23.9. The lowest BCUT2D eigenvalue weighted by Gasteiger charge is -2.10. The Bertz CT molecular complexity index is 1190. The van der Waals surface area contributed by atoms with E-state index in [2.05, 4.69) is 10.5 Å². The van der Waals surface area contributed by atoms with Crippen molar-refractivity contribution in [1.82, 2.24) is 9.99 Å². The van der Waals surface area contributed by atoms with Crippen LogP contribution >= 0.6 is 23.2 Å². The predicted molar refractivity (Wildman–Crippen MR) is 129 cm³/mol. The van der Waals surface area contributed by atoms with Gasteiger partial charge in [-0.25, -0.2) is 10.2 Å². The zero-order valence-electron chi connectivity index (χ0n) is 18.4. The number of nitrogens with one attached hydrogen (secondary N) is 1. The first-order chi connectivity index (χ1) is 15.8. The minimum atomic E-state index is -0.430. The van der Waals surface area contributed by atoms with Crippen molar-refractivity contribution < 1.29 is 19.1 Å². The molecule has 7 nitrogen and oxygen atoms in total. The third-order valence-corrected chi connectivity index (χ3v) is 5.28. The summed E-state index contributed by atoms with van der Waals surface area (Å²) in [5, 5.41) is 4.83. The molecule has 0 aliphatic heterocycles. The number of amides is 1. The largest absolute Gasteiger partial charge is 0.482 e. The Labute approximate surface area is 201 Å². The molecule has 3 aromatic rings. The van der Waals surface area contributed by atoms with E-state index in [0.29, 0.717) is 28.0 Å². The minimum Gasteiger partial charge on any atom is -0.482 e. The van der Waals surface area contributed by atoms with E-state index in [1.54, 1.807) is 37.4 Å². The highest BCUT2D eigenvalue weighted by molar-refractivity contribution is 6.35. The van der Waals surface area contributed by atoms with Crippen molar-refractivity contribution in [3.05, 3.63) is 81.1 Å². The molecule has 1 heterocycles. The van der Waals surface area contributed by atoms with Crippen molar-refractivity contribution in [2.24, 2.45) is 5.10 Å². The SMILES string of the molecule is CCOC(=O)c1ccc(-n2c(C)cc(/C=N/NC(=O)COc3ccc(Cl)cc3Cl)c2C)cc1. The van der Waals surface area contributed by atoms with Crippen molar-refractivity contribution >= 4 is 41.3 Å². The van der Waals surface area contributed by atoms with Gasteiger partial charge in [0.05, 0.1) is 23.4 Å². The van der Waals surface area contributed by atoms with Crippen LogP contribution in [-0.2, 0) is 9.53 Å². The van der Waals surface area contributed by atoms with Crippen LogP contribution in [0.5, 0.6) is 5.75 Å². The molecule has 33 heavy (non-hydrogen) atoms. The molecule has 0 bridgehead atoms. The Morgan fingerprint density at radius 3 is 2.48 bits per heavy atom. The minimum absolute atomic E-state index is 0.246. The number of aryl methyl sites for hydroxylation is 1. The van der Waals surface area contributed by atoms with Gasteiger partial charge in [0.25, 0.3) is 5.91 Å². The Balaban J connectivity index is 1.63. The van der Waals surface area contributed by atoms with Gasteiger partial charge in [0.1, 0.15) is 5.75 Å². The smallest absolute Gasteiger partial charge is 0.338 e. The van der Waals surface area contributed by atoms with Crippen LogP contribution in [0.25, 0.3) is 5.69 Å². The lowest BCUT2D eigenvalue weighted by atomic mass is 10.2. The predicted octanol–water partition coefficient (Wildman–Crippen LogP) is 5.11. The van der Waals surface area contributed by atoms with Gasteiger partial charge < -0.3 is 14.0 Å². The maximum Gasteiger partial charge on any atom is 0.338 e. The quantitative estimate of drug-likeness (QED) is 0.272. The molecule has 172 valence electrons.